The first-order valence-electron chi connectivity index (χ1n) is 4.54. The van der Waals surface area contributed by atoms with Crippen LogP contribution in [-0.2, 0) is 4.74 Å². The summed E-state index contributed by atoms with van der Waals surface area (Å²) in [7, 11) is 0. The molecule has 0 saturated heterocycles. The molecule has 14 heavy (non-hydrogen) atoms. The Morgan fingerprint density at radius 3 is 2.36 bits per heavy atom. The summed E-state index contributed by atoms with van der Waals surface area (Å²) < 4.78 is 6.18. The van der Waals surface area contributed by atoms with E-state index in [0.717, 1.165) is 4.43 Å². The van der Waals surface area contributed by atoms with Crippen LogP contribution < -0.4 is 0 Å². The van der Waals surface area contributed by atoms with Gasteiger partial charge in [0, 0.05) is 16.5 Å². The fourth-order valence-corrected chi connectivity index (χ4v) is 1.34. The predicted octanol–water partition coefficient (Wildman–Crippen LogP) is 2.22. The van der Waals surface area contributed by atoms with Crippen LogP contribution in [0.2, 0.25) is 0 Å². The van der Waals surface area contributed by atoms with Gasteiger partial charge in [0.2, 0.25) is 0 Å². The molecule has 0 unspecified atom stereocenters. The average molecular weight is 315 g/mol. The van der Waals surface area contributed by atoms with E-state index in [9.17, 15) is 4.79 Å². The molecule has 0 aromatic rings. The van der Waals surface area contributed by atoms with Crippen LogP contribution in [0, 0.1) is 0 Å². The smallest absolute Gasteiger partial charge is 0.407 e. The Labute approximate surface area is 98.7 Å². The van der Waals surface area contributed by atoms with Gasteiger partial charge in [-0.05, 0) is 20.8 Å². The third-order valence-corrected chi connectivity index (χ3v) is 2.16. The second-order valence-electron chi connectivity index (χ2n) is 3.91. The van der Waals surface area contributed by atoms with E-state index >= 15 is 0 Å². The molecule has 0 saturated carbocycles. The first-order valence-corrected chi connectivity index (χ1v) is 6.06. The molecule has 1 amide bonds. The highest BCUT2D eigenvalue weighted by molar-refractivity contribution is 14.1. The van der Waals surface area contributed by atoms with Crippen molar-refractivity contribution < 1.29 is 14.6 Å². The Kier molecular flexibility index (Phi) is 6.43. The Morgan fingerprint density at radius 1 is 1.43 bits per heavy atom. The molecule has 0 radical (unpaired) electrons. The first kappa shape index (κ1) is 14.0. The van der Waals surface area contributed by atoms with E-state index in [0.29, 0.717) is 19.8 Å². The lowest BCUT2D eigenvalue weighted by Crippen LogP contribution is -2.46. The van der Waals surface area contributed by atoms with Gasteiger partial charge in [-0.25, -0.2) is 4.79 Å². The van der Waals surface area contributed by atoms with Crippen LogP contribution in [0.1, 0.15) is 20.8 Å². The lowest BCUT2D eigenvalue weighted by Gasteiger charge is -2.32. The highest BCUT2D eigenvalue weighted by atomic mass is 127. The van der Waals surface area contributed by atoms with Gasteiger partial charge in [0.25, 0.3) is 0 Å². The Hall–Kier alpha value is -0.0400. The van der Waals surface area contributed by atoms with E-state index in [1.54, 1.807) is 0 Å². The molecule has 0 spiro atoms. The average Bonchev–Trinajstić information content (AvgIpc) is 2.01. The molecule has 0 rings (SSSR count). The van der Waals surface area contributed by atoms with Gasteiger partial charge in [0.15, 0.2) is 0 Å². The molecule has 0 aliphatic rings. The minimum Gasteiger partial charge on any atom is -0.465 e. The highest BCUT2D eigenvalue weighted by Crippen LogP contribution is 2.12. The SMILES string of the molecule is CC(C)(C)N(CCOCCI)C(=O)O. The van der Waals surface area contributed by atoms with Crippen molar-refractivity contribution in [3.63, 3.8) is 0 Å². The number of halogens is 1. The first-order chi connectivity index (χ1) is 6.39. The van der Waals surface area contributed by atoms with Gasteiger partial charge in [-0.1, -0.05) is 22.6 Å². The molecule has 0 bridgehead atoms. The molecule has 0 fully saturated rings. The predicted molar refractivity (Wildman–Crippen MR) is 64.2 cm³/mol. The number of carboxylic acid groups (broad SMARTS) is 1. The van der Waals surface area contributed by atoms with Crippen LogP contribution in [0.5, 0.6) is 0 Å². The molecule has 5 heteroatoms. The molecule has 0 aromatic heterocycles. The molecule has 0 heterocycles. The van der Waals surface area contributed by atoms with Gasteiger partial charge < -0.3 is 14.7 Å². The van der Waals surface area contributed by atoms with Crippen molar-refractivity contribution in [2.24, 2.45) is 0 Å². The molecular formula is C9H18INO3. The van der Waals surface area contributed by atoms with Crippen LogP contribution in [0.3, 0.4) is 0 Å². The molecule has 0 aliphatic heterocycles. The molecule has 1 N–H and O–H groups in total. The van der Waals surface area contributed by atoms with E-state index in [1.807, 2.05) is 20.8 Å². The maximum atomic E-state index is 10.9. The van der Waals surface area contributed by atoms with Crippen LogP contribution in [0.25, 0.3) is 0 Å². The number of hydrogen-bond donors (Lipinski definition) is 1. The summed E-state index contributed by atoms with van der Waals surface area (Å²) in [6, 6.07) is 0. The molecular weight excluding hydrogens is 297 g/mol. The van der Waals surface area contributed by atoms with E-state index < -0.39 is 6.09 Å². The zero-order valence-electron chi connectivity index (χ0n) is 8.92. The summed E-state index contributed by atoms with van der Waals surface area (Å²) >= 11 is 2.22. The molecule has 84 valence electrons. The normalized spacial score (nSPS) is 11.4. The van der Waals surface area contributed by atoms with Crippen molar-refractivity contribution in [1.82, 2.24) is 4.90 Å². The van der Waals surface area contributed by atoms with Gasteiger partial charge in [0.05, 0.1) is 13.2 Å². The summed E-state index contributed by atoms with van der Waals surface area (Å²) in [5.41, 5.74) is -0.362. The number of ether oxygens (including phenoxy) is 1. The fourth-order valence-electron chi connectivity index (χ4n) is 1.03. The van der Waals surface area contributed by atoms with Crippen molar-refractivity contribution in [3.8, 4) is 0 Å². The topological polar surface area (TPSA) is 49.8 Å². The van der Waals surface area contributed by atoms with Crippen molar-refractivity contribution in [2.75, 3.05) is 24.2 Å². The summed E-state index contributed by atoms with van der Waals surface area (Å²) in [5.74, 6) is 0. The van der Waals surface area contributed by atoms with Gasteiger partial charge in [-0.15, -0.1) is 0 Å². The minimum atomic E-state index is -0.893. The largest absolute Gasteiger partial charge is 0.465 e. The van der Waals surface area contributed by atoms with Crippen molar-refractivity contribution in [2.45, 2.75) is 26.3 Å². The monoisotopic (exact) mass is 315 g/mol. The zero-order valence-corrected chi connectivity index (χ0v) is 11.1. The standard InChI is InChI=1S/C9H18INO3/c1-9(2,3)11(8(12)13)5-7-14-6-4-10/h4-7H2,1-3H3,(H,12,13). The van der Waals surface area contributed by atoms with Crippen LogP contribution in [0.15, 0.2) is 0 Å². The summed E-state index contributed by atoms with van der Waals surface area (Å²) in [4.78, 5) is 12.3. The van der Waals surface area contributed by atoms with Crippen LogP contribution >= 0.6 is 22.6 Å². The maximum Gasteiger partial charge on any atom is 0.407 e. The van der Waals surface area contributed by atoms with E-state index in [-0.39, 0.29) is 5.54 Å². The fraction of sp³-hybridized carbons (Fsp3) is 0.889. The second-order valence-corrected chi connectivity index (χ2v) is 4.99. The van der Waals surface area contributed by atoms with Gasteiger partial charge >= 0.3 is 6.09 Å². The number of rotatable bonds is 5. The number of amides is 1. The van der Waals surface area contributed by atoms with Gasteiger partial charge in [-0.2, -0.15) is 0 Å². The minimum absolute atomic E-state index is 0.362. The van der Waals surface area contributed by atoms with E-state index in [2.05, 4.69) is 22.6 Å². The van der Waals surface area contributed by atoms with Gasteiger partial charge in [0.1, 0.15) is 0 Å². The Balaban J connectivity index is 3.94. The number of hydrogen-bond acceptors (Lipinski definition) is 2. The maximum absolute atomic E-state index is 10.9. The number of nitrogens with zero attached hydrogens (tertiary/aromatic N) is 1. The van der Waals surface area contributed by atoms with E-state index in [4.69, 9.17) is 9.84 Å². The molecule has 4 nitrogen and oxygen atoms in total. The number of alkyl halides is 1. The summed E-state index contributed by atoms with van der Waals surface area (Å²) in [5, 5.41) is 8.93. The van der Waals surface area contributed by atoms with Crippen LogP contribution in [-0.4, -0.2) is 45.8 Å². The zero-order chi connectivity index (χ0) is 11.2. The van der Waals surface area contributed by atoms with Gasteiger partial charge in [-0.3, -0.25) is 0 Å². The second kappa shape index (κ2) is 6.44. The summed E-state index contributed by atoms with van der Waals surface area (Å²) in [6.07, 6.45) is -0.893. The summed E-state index contributed by atoms with van der Waals surface area (Å²) in [6.45, 7) is 7.19. The lowest BCUT2D eigenvalue weighted by atomic mass is 10.1. The quantitative estimate of drug-likeness (QED) is 0.481. The Bertz CT molecular complexity index is 179. The third-order valence-electron chi connectivity index (χ3n) is 1.72. The molecule has 0 aliphatic carbocycles. The van der Waals surface area contributed by atoms with Crippen molar-refractivity contribution >= 4 is 28.7 Å². The van der Waals surface area contributed by atoms with Crippen LogP contribution in [0.4, 0.5) is 4.79 Å². The Morgan fingerprint density at radius 2 is 2.00 bits per heavy atom. The third kappa shape index (κ3) is 5.64. The number of carbonyl (C=O) groups is 1. The molecule has 0 atom stereocenters. The highest BCUT2D eigenvalue weighted by Gasteiger charge is 2.25. The lowest BCUT2D eigenvalue weighted by molar-refractivity contribution is 0.0658. The van der Waals surface area contributed by atoms with E-state index in [1.165, 1.54) is 4.90 Å². The van der Waals surface area contributed by atoms with Crippen molar-refractivity contribution in [3.05, 3.63) is 0 Å². The molecule has 0 aromatic carbocycles. The van der Waals surface area contributed by atoms with Crippen molar-refractivity contribution in [1.29, 1.82) is 0 Å².